The molecule has 0 radical (unpaired) electrons. The molecule has 0 aromatic heterocycles. The van der Waals surface area contributed by atoms with E-state index in [0.717, 1.165) is 61.7 Å². The maximum Gasteiger partial charge on any atom is 0.253 e. The summed E-state index contributed by atoms with van der Waals surface area (Å²) in [6.07, 6.45) is 6.03. The first-order valence-electron chi connectivity index (χ1n) is 12.4. The van der Waals surface area contributed by atoms with Crippen LogP contribution in [0.4, 0.5) is 0 Å². The maximum atomic E-state index is 13.5. The molecule has 0 unspecified atom stereocenters. The van der Waals surface area contributed by atoms with Crippen molar-refractivity contribution < 1.29 is 9.90 Å². The van der Waals surface area contributed by atoms with Crippen molar-refractivity contribution >= 4 is 16.7 Å². The van der Waals surface area contributed by atoms with Gasteiger partial charge in [-0.1, -0.05) is 48.5 Å². The predicted octanol–water partition coefficient (Wildman–Crippen LogP) is 5.62. The number of rotatable bonds is 5. The van der Waals surface area contributed by atoms with Crippen molar-refractivity contribution in [1.82, 2.24) is 9.80 Å². The quantitative estimate of drug-likeness (QED) is 0.509. The SMILES string of the molecule is C=CCN1CC[C@@]2(c3cccc(O)c3)C[C@@H](N(C)C(=O)c3ccc4ccccc4c3)CC[C@@H]2C1. The summed E-state index contributed by atoms with van der Waals surface area (Å²) in [4.78, 5) is 18.0. The molecule has 1 amide bonds. The molecule has 4 nitrogen and oxygen atoms in total. The molecule has 1 aliphatic carbocycles. The second kappa shape index (κ2) is 9.27. The van der Waals surface area contributed by atoms with Crippen LogP contribution in [-0.4, -0.2) is 53.5 Å². The highest BCUT2D eigenvalue weighted by atomic mass is 16.3. The number of aromatic hydroxyl groups is 1. The van der Waals surface area contributed by atoms with E-state index in [9.17, 15) is 9.90 Å². The first kappa shape index (κ1) is 22.7. The van der Waals surface area contributed by atoms with Crippen LogP contribution in [0, 0.1) is 5.92 Å². The number of piperidine rings is 1. The fraction of sp³-hybridized carbons (Fsp3) is 0.367. The van der Waals surface area contributed by atoms with Crippen molar-refractivity contribution in [2.24, 2.45) is 5.92 Å². The minimum Gasteiger partial charge on any atom is -0.508 e. The van der Waals surface area contributed by atoms with Gasteiger partial charge in [0, 0.05) is 37.2 Å². The van der Waals surface area contributed by atoms with Crippen molar-refractivity contribution in [3.63, 3.8) is 0 Å². The first-order valence-corrected chi connectivity index (χ1v) is 12.4. The minimum atomic E-state index is -0.0305. The van der Waals surface area contributed by atoms with E-state index >= 15 is 0 Å². The van der Waals surface area contributed by atoms with E-state index in [2.05, 4.69) is 29.7 Å². The lowest BCUT2D eigenvalue weighted by Crippen LogP contribution is -2.56. The van der Waals surface area contributed by atoms with Gasteiger partial charge in [0.05, 0.1) is 0 Å². The highest BCUT2D eigenvalue weighted by Gasteiger charge is 2.49. The van der Waals surface area contributed by atoms with Crippen molar-refractivity contribution in [2.45, 2.75) is 37.1 Å². The lowest BCUT2D eigenvalue weighted by atomic mass is 9.57. The number of hydrogen-bond donors (Lipinski definition) is 1. The zero-order valence-corrected chi connectivity index (χ0v) is 20.0. The Morgan fingerprint density at radius 2 is 1.94 bits per heavy atom. The number of carbonyl (C=O) groups excluding carboxylic acids is 1. The van der Waals surface area contributed by atoms with Gasteiger partial charge < -0.3 is 10.0 Å². The van der Waals surface area contributed by atoms with Crippen LogP contribution in [0.3, 0.4) is 0 Å². The molecule has 1 heterocycles. The molecule has 1 N–H and O–H groups in total. The van der Waals surface area contributed by atoms with Gasteiger partial charge >= 0.3 is 0 Å². The fourth-order valence-electron chi connectivity index (χ4n) is 6.38. The summed E-state index contributed by atoms with van der Waals surface area (Å²) in [5.74, 6) is 0.912. The summed E-state index contributed by atoms with van der Waals surface area (Å²) in [5.41, 5.74) is 1.93. The third kappa shape index (κ3) is 4.12. The van der Waals surface area contributed by atoms with Crippen LogP contribution in [0.1, 0.15) is 41.6 Å². The van der Waals surface area contributed by atoms with E-state index in [4.69, 9.17) is 0 Å². The number of hydrogen-bond acceptors (Lipinski definition) is 3. The largest absolute Gasteiger partial charge is 0.508 e. The van der Waals surface area contributed by atoms with Crippen LogP contribution in [0.25, 0.3) is 10.8 Å². The molecule has 5 rings (SSSR count). The molecule has 3 aromatic carbocycles. The minimum absolute atomic E-state index is 0.0305. The number of phenolic OH excluding ortho intramolecular Hbond substituents is 1. The Morgan fingerprint density at radius 3 is 2.74 bits per heavy atom. The van der Waals surface area contributed by atoms with E-state index in [-0.39, 0.29) is 17.4 Å². The molecule has 34 heavy (non-hydrogen) atoms. The fourth-order valence-corrected chi connectivity index (χ4v) is 6.38. The second-order valence-corrected chi connectivity index (χ2v) is 10.1. The molecule has 3 aromatic rings. The number of fused-ring (bicyclic) bond motifs is 2. The summed E-state index contributed by atoms with van der Waals surface area (Å²) in [5, 5.41) is 12.5. The van der Waals surface area contributed by atoms with E-state index < -0.39 is 0 Å². The van der Waals surface area contributed by atoms with Gasteiger partial charge in [-0.15, -0.1) is 6.58 Å². The number of benzene rings is 3. The predicted molar refractivity (Wildman–Crippen MR) is 138 cm³/mol. The van der Waals surface area contributed by atoms with E-state index in [0.29, 0.717) is 11.7 Å². The third-order valence-electron chi connectivity index (χ3n) is 8.26. The smallest absolute Gasteiger partial charge is 0.253 e. The Balaban J connectivity index is 1.43. The number of nitrogens with zero attached hydrogens (tertiary/aromatic N) is 2. The number of phenols is 1. The Hall–Kier alpha value is -3.11. The topological polar surface area (TPSA) is 43.8 Å². The summed E-state index contributed by atoms with van der Waals surface area (Å²) >= 11 is 0. The molecule has 1 aliphatic heterocycles. The maximum absolute atomic E-state index is 13.5. The van der Waals surface area contributed by atoms with Gasteiger partial charge in [0.25, 0.3) is 5.91 Å². The van der Waals surface area contributed by atoms with Gasteiger partial charge in [-0.05, 0) is 78.7 Å². The van der Waals surface area contributed by atoms with Gasteiger partial charge in [0.2, 0.25) is 0 Å². The Morgan fingerprint density at radius 1 is 1.12 bits per heavy atom. The average molecular weight is 455 g/mol. The lowest BCUT2D eigenvalue weighted by Gasteiger charge is -2.54. The molecular weight excluding hydrogens is 420 g/mol. The highest BCUT2D eigenvalue weighted by Crippen LogP contribution is 2.50. The van der Waals surface area contributed by atoms with Crippen molar-refractivity contribution in [3.8, 4) is 5.75 Å². The van der Waals surface area contributed by atoms with Crippen LogP contribution in [-0.2, 0) is 5.41 Å². The van der Waals surface area contributed by atoms with Gasteiger partial charge in [-0.3, -0.25) is 9.69 Å². The molecule has 3 atom stereocenters. The Kier molecular flexibility index (Phi) is 6.18. The standard InChI is InChI=1S/C30H34N2O2/c1-3-16-32-17-15-30(25-9-6-10-28(33)19-25)20-27(14-13-26(30)21-32)31(2)29(34)24-12-11-22-7-4-5-8-23(22)18-24/h3-12,18-19,26-27,33H,1,13-17,20-21H2,2H3/t26-,27+,30+/m1/s1. The molecular formula is C30H34N2O2. The molecule has 1 saturated heterocycles. The summed E-state index contributed by atoms with van der Waals surface area (Å²) in [6.45, 7) is 6.89. The summed E-state index contributed by atoms with van der Waals surface area (Å²) < 4.78 is 0. The Labute approximate surface area is 202 Å². The zero-order chi connectivity index (χ0) is 23.7. The van der Waals surface area contributed by atoms with Gasteiger partial charge in [-0.2, -0.15) is 0 Å². The van der Waals surface area contributed by atoms with Gasteiger partial charge in [0.1, 0.15) is 5.75 Å². The van der Waals surface area contributed by atoms with Gasteiger partial charge in [-0.25, -0.2) is 0 Å². The normalized spacial score (nSPS) is 25.0. The number of likely N-dealkylation sites (tertiary alicyclic amines) is 1. The molecule has 2 fully saturated rings. The molecule has 1 saturated carbocycles. The van der Waals surface area contributed by atoms with Crippen LogP contribution >= 0.6 is 0 Å². The van der Waals surface area contributed by atoms with Crippen LogP contribution in [0.15, 0.2) is 79.4 Å². The van der Waals surface area contributed by atoms with E-state index in [1.54, 1.807) is 6.07 Å². The molecule has 4 heteroatoms. The van der Waals surface area contributed by atoms with Crippen LogP contribution in [0.2, 0.25) is 0 Å². The zero-order valence-electron chi connectivity index (χ0n) is 20.0. The van der Waals surface area contributed by atoms with E-state index in [1.165, 1.54) is 5.56 Å². The average Bonchev–Trinajstić information content (AvgIpc) is 2.87. The van der Waals surface area contributed by atoms with E-state index in [1.807, 2.05) is 60.5 Å². The Bertz CT molecular complexity index is 1210. The van der Waals surface area contributed by atoms with Crippen molar-refractivity contribution in [2.75, 3.05) is 26.7 Å². The molecule has 176 valence electrons. The molecule has 0 bridgehead atoms. The number of amides is 1. The highest BCUT2D eigenvalue weighted by molar-refractivity contribution is 5.98. The molecule has 0 spiro atoms. The van der Waals surface area contributed by atoms with Crippen LogP contribution in [0.5, 0.6) is 5.75 Å². The van der Waals surface area contributed by atoms with Crippen LogP contribution < -0.4 is 0 Å². The lowest BCUT2D eigenvalue weighted by molar-refractivity contribution is 0.0221. The monoisotopic (exact) mass is 454 g/mol. The first-order chi connectivity index (χ1) is 16.5. The van der Waals surface area contributed by atoms with Crippen molar-refractivity contribution in [1.29, 1.82) is 0 Å². The third-order valence-corrected chi connectivity index (χ3v) is 8.26. The summed E-state index contributed by atoms with van der Waals surface area (Å²) in [6, 6.07) is 22.2. The number of carbonyl (C=O) groups is 1. The van der Waals surface area contributed by atoms with Gasteiger partial charge in [0.15, 0.2) is 0 Å². The summed E-state index contributed by atoms with van der Waals surface area (Å²) in [7, 11) is 1.96. The van der Waals surface area contributed by atoms with Crippen molar-refractivity contribution in [3.05, 3.63) is 90.5 Å². The molecule has 2 aliphatic rings. The second-order valence-electron chi connectivity index (χ2n) is 10.1.